The van der Waals surface area contributed by atoms with E-state index in [1.165, 1.54) is 0 Å². The van der Waals surface area contributed by atoms with Crippen molar-refractivity contribution in [2.45, 2.75) is 12.8 Å². The highest BCUT2D eigenvalue weighted by Crippen LogP contribution is 2.07. The van der Waals surface area contributed by atoms with Gasteiger partial charge in [0.25, 0.3) is 0 Å². The Hall–Kier alpha value is 0.320. The maximum Gasteiger partial charge on any atom is 0.137 e. The molecule has 4 heteroatoms. The first-order valence-corrected chi connectivity index (χ1v) is 3.76. The van der Waals surface area contributed by atoms with Gasteiger partial charge in [-0.2, -0.15) is 5.06 Å². The van der Waals surface area contributed by atoms with Gasteiger partial charge in [-0.3, -0.25) is 4.79 Å². The summed E-state index contributed by atoms with van der Waals surface area (Å²) in [5, 5.41) is 1.79. The Morgan fingerprint density at radius 1 is 1.44 bits per heavy atom. The van der Waals surface area contributed by atoms with E-state index in [9.17, 15) is 4.79 Å². The second-order valence-corrected chi connectivity index (χ2v) is 2.43. The van der Waals surface area contributed by atoms with Crippen molar-refractivity contribution in [1.82, 2.24) is 5.06 Å². The van der Waals surface area contributed by atoms with Crippen molar-refractivity contribution in [3.05, 3.63) is 0 Å². The van der Waals surface area contributed by atoms with Gasteiger partial charge >= 0.3 is 0 Å². The van der Waals surface area contributed by atoms with Crippen molar-refractivity contribution >= 4 is 28.8 Å². The molecule has 0 atom stereocenters. The van der Waals surface area contributed by atoms with Crippen LogP contribution in [0.5, 0.6) is 0 Å². The highest BCUT2D eigenvalue weighted by atomic mass is 127. The van der Waals surface area contributed by atoms with E-state index in [1.807, 2.05) is 23.0 Å². The van der Waals surface area contributed by atoms with Crippen molar-refractivity contribution in [3.8, 4) is 0 Å². The number of hydrogen-bond donors (Lipinski definition) is 0. The van der Waals surface area contributed by atoms with E-state index in [-0.39, 0.29) is 0 Å². The van der Waals surface area contributed by atoms with Crippen LogP contribution in [0.2, 0.25) is 0 Å². The number of Topliss-reactive ketones (excluding diaryl/α,β-unsaturated/α-hetero) is 1. The first-order valence-electron chi connectivity index (χ1n) is 2.88. The molecule has 0 N–H and O–H groups in total. The Labute approximate surface area is 68.0 Å². The first kappa shape index (κ1) is 7.43. The summed E-state index contributed by atoms with van der Waals surface area (Å²) in [6, 6.07) is 0. The quantitative estimate of drug-likeness (QED) is 0.639. The third-order valence-corrected chi connectivity index (χ3v) is 1.93. The molecule has 0 aromatic carbocycles. The van der Waals surface area contributed by atoms with Gasteiger partial charge < -0.3 is 0 Å². The number of hydrogen-bond acceptors (Lipinski definition) is 3. The lowest BCUT2D eigenvalue weighted by Crippen LogP contribution is -2.31. The molecule has 1 rings (SSSR count). The molecule has 0 bridgehead atoms. The summed E-state index contributed by atoms with van der Waals surface area (Å²) < 4.78 is 4.89. The molecule has 0 aliphatic carbocycles. The molecule has 9 heavy (non-hydrogen) atoms. The van der Waals surface area contributed by atoms with E-state index in [2.05, 4.69) is 0 Å². The molecule has 0 aromatic heterocycles. The van der Waals surface area contributed by atoms with Crippen molar-refractivity contribution in [2.24, 2.45) is 0 Å². The number of rotatable bonds is 1. The number of piperidine rings is 1. The molecule has 0 unspecified atom stereocenters. The van der Waals surface area contributed by atoms with Crippen molar-refractivity contribution < 1.29 is 7.96 Å². The zero-order valence-electron chi connectivity index (χ0n) is 4.97. The van der Waals surface area contributed by atoms with Crippen molar-refractivity contribution in [1.29, 1.82) is 0 Å². The van der Waals surface area contributed by atoms with E-state index in [0.29, 0.717) is 18.6 Å². The van der Waals surface area contributed by atoms with Crippen LogP contribution in [0.15, 0.2) is 0 Å². The van der Waals surface area contributed by atoms with E-state index in [4.69, 9.17) is 3.17 Å². The second kappa shape index (κ2) is 3.48. The fourth-order valence-electron chi connectivity index (χ4n) is 0.805. The largest absolute Gasteiger partial charge is 0.300 e. The van der Waals surface area contributed by atoms with Crippen LogP contribution in [0.3, 0.4) is 0 Å². The van der Waals surface area contributed by atoms with Crippen molar-refractivity contribution in [2.75, 3.05) is 13.1 Å². The van der Waals surface area contributed by atoms with Gasteiger partial charge in [-0.15, -0.1) is 0 Å². The van der Waals surface area contributed by atoms with Gasteiger partial charge in [-0.05, 0) is 0 Å². The molecule has 1 aliphatic heterocycles. The van der Waals surface area contributed by atoms with Crippen molar-refractivity contribution in [3.63, 3.8) is 0 Å². The molecule has 0 amide bonds. The summed E-state index contributed by atoms with van der Waals surface area (Å²) in [5.74, 6) is 0.347. The average molecular weight is 241 g/mol. The lowest BCUT2D eigenvalue weighted by molar-refractivity contribution is -0.127. The minimum atomic E-state index is 0.347. The Balaban J connectivity index is 2.26. The molecule has 0 spiro atoms. The molecule has 1 saturated heterocycles. The molecule has 0 radical (unpaired) electrons. The van der Waals surface area contributed by atoms with Crippen LogP contribution in [-0.2, 0) is 7.96 Å². The second-order valence-electron chi connectivity index (χ2n) is 2.04. The molecular weight excluding hydrogens is 233 g/mol. The summed E-state index contributed by atoms with van der Waals surface area (Å²) in [4.78, 5) is 10.6. The minimum Gasteiger partial charge on any atom is -0.300 e. The van der Waals surface area contributed by atoms with Crippen LogP contribution in [-0.4, -0.2) is 23.9 Å². The molecule has 52 valence electrons. The Kier molecular flexibility index (Phi) is 2.87. The molecule has 1 fully saturated rings. The smallest absolute Gasteiger partial charge is 0.137 e. The summed E-state index contributed by atoms with van der Waals surface area (Å²) >= 11 is 1.83. The summed E-state index contributed by atoms with van der Waals surface area (Å²) in [6.45, 7) is 1.50. The SMILES string of the molecule is O=C1CCN(OI)CC1. The van der Waals surface area contributed by atoms with Crippen LogP contribution in [0.1, 0.15) is 12.8 Å². The standard InChI is InChI=1S/C5H8INO2/c6-9-7-3-1-5(8)2-4-7/h1-4H2. The molecular formula is C5H8INO2. The van der Waals surface area contributed by atoms with Gasteiger partial charge in [0.15, 0.2) is 0 Å². The van der Waals surface area contributed by atoms with E-state index in [1.54, 1.807) is 5.06 Å². The molecule has 0 saturated carbocycles. The van der Waals surface area contributed by atoms with Crippen LogP contribution in [0, 0.1) is 0 Å². The minimum absolute atomic E-state index is 0.347. The number of nitrogens with zero attached hydrogens (tertiary/aromatic N) is 1. The number of hydroxylamine groups is 2. The lowest BCUT2D eigenvalue weighted by atomic mass is 10.1. The summed E-state index contributed by atoms with van der Waals surface area (Å²) in [5.41, 5.74) is 0. The predicted molar refractivity (Wildman–Crippen MR) is 40.9 cm³/mol. The Morgan fingerprint density at radius 3 is 2.44 bits per heavy atom. The number of carbonyl (C=O) groups excluding carboxylic acids is 1. The molecule has 0 aromatic rings. The van der Waals surface area contributed by atoms with Gasteiger partial charge in [0.1, 0.15) is 28.8 Å². The predicted octanol–water partition coefficient (Wildman–Crippen LogP) is 0.933. The third kappa shape index (κ3) is 2.19. The first-order chi connectivity index (χ1) is 4.33. The topological polar surface area (TPSA) is 29.5 Å². The molecule has 1 heterocycles. The van der Waals surface area contributed by atoms with Crippen LogP contribution in [0.25, 0.3) is 0 Å². The Morgan fingerprint density at radius 2 is 2.00 bits per heavy atom. The highest BCUT2D eigenvalue weighted by molar-refractivity contribution is 14.1. The van der Waals surface area contributed by atoms with Gasteiger partial charge in [-0.25, -0.2) is 3.17 Å². The maximum atomic E-state index is 10.6. The molecule has 1 aliphatic rings. The van der Waals surface area contributed by atoms with Gasteiger partial charge in [0, 0.05) is 25.9 Å². The Bertz CT molecular complexity index is 108. The van der Waals surface area contributed by atoms with Crippen LogP contribution < -0.4 is 0 Å². The fourth-order valence-corrected chi connectivity index (χ4v) is 1.20. The number of carbonyl (C=O) groups is 1. The van der Waals surface area contributed by atoms with Gasteiger partial charge in [0.2, 0.25) is 0 Å². The lowest BCUT2D eigenvalue weighted by Gasteiger charge is -2.20. The van der Waals surface area contributed by atoms with E-state index >= 15 is 0 Å². The zero-order chi connectivity index (χ0) is 6.69. The molecule has 3 nitrogen and oxygen atoms in total. The highest BCUT2D eigenvalue weighted by Gasteiger charge is 2.15. The van der Waals surface area contributed by atoms with Crippen LogP contribution in [0.4, 0.5) is 0 Å². The van der Waals surface area contributed by atoms with Gasteiger partial charge in [0.05, 0.1) is 0 Å². The zero-order valence-corrected chi connectivity index (χ0v) is 7.13. The fraction of sp³-hybridized carbons (Fsp3) is 0.800. The maximum absolute atomic E-state index is 10.6. The van der Waals surface area contributed by atoms with Gasteiger partial charge in [-0.1, -0.05) is 0 Å². The third-order valence-electron chi connectivity index (χ3n) is 1.38. The number of halogens is 1. The number of ketones is 1. The summed E-state index contributed by atoms with van der Waals surface area (Å²) in [6.07, 6.45) is 1.28. The normalized spacial score (nSPS) is 22.6. The van der Waals surface area contributed by atoms with E-state index < -0.39 is 0 Å². The van der Waals surface area contributed by atoms with E-state index in [0.717, 1.165) is 13.1 Å². The summed E-state index contributed by atoms with van der Waals surface area (Å²) in [7, 11) is 0. The monoisotopic (exact) mass is 241 g/mol. The average Bonchev–Trinajstić information content (AvgIpc) is 1.90. The van der Waals surface area contributed by atoms with Crippen LogP contribution >= 0.6 is 23.0 Å².